The fourth-order valence-corrected chi connectivity index (χ4v) is 1.10. The molecule has 0 aromatic carbocycles. The van der Waals surface area contributed by atoms with E-state index in [0.29, 0.717) is 6.42 Å². The van der Waals surface area contributed by atoms with E-state index in [2.05, 4.69) is 0 Å². The van der Waals surface area contributed by atoms with E-state index in [1.165, 1.54) is 0 Å². The Hall–Kier alpha value is -0.160. The maximum absolute atomic E-state index is 9.21. The summed E-state index contributed by atoms with van der Waals surface area (Å²) in [7, 11) is 0. The molecule has 0 saturated heterocycles. The molecule has 0 aliphatic heterocycles. The van der Waals surface area contributed by atoms with Crippen LogP contribution in [-0.2, 0) is 0 Å². The summed E-state index contributed by atoms with van der Waals surface area (Å²) in [5, 5.41) is 35.3. The summed E-state index contributed by atoms with van der Waals surface area (Å²) in [6, 6.07) is 0. The van der Waals surface area contributed by atoms with E-state index in [1.54, 1.807) is 0 Å². The number of hydrogen-bond acceptors (Lipinski definition) is 4. The van der Waals surface area contributed by atoms with Crippen molar-refractivity contribution in [3.63, 3.8) is 0 Å². The van der Waals surface area contributed by atoms with Crippen LogP contribution >= 0.6 is 0 Å². The fourth-order valence-electron chi connectivity index (χ4n) is 1.10. The van der Waals surface area contributed by atoms with Crippen molar-refractivity contribution in [3.8, 4) is 0 Å². The average molecular weight is 178 g/mol. The first-order valence-corrected chi connectivity index (χ1v) is 4.28. The third kappa shape index (κ3) is 6.54. The maximum Gasteiger partial charge on any atom is 0.153 e. The molecule has 0 aromatic heterocycles. The van der Waals surface area contributed by atoms with Gasteiger partial charge in [0.1, 0.15) is 0 Å². The smallest absolute Gasteiger partial charge is 0.153 e. The number of hydrogen-bond donors (Lipinski definition) is 4. The SMILES string of the molecule is CCC[C@@H](O)C[C@@H](O)CC(O)O. The molecule has 0 bridgehead atoms. The van der Waals surface area contributed by atoms with Crippen LogP contribution in [0.3, 0.4) is 0 Å². The standard InChI is InChI=1S/C8H18O4/c1-2-3-6(9)4-7(10)5-8(11)12/h6-12H,2-5H2,1H3/t6-,7-/m1/s1. The first-order chi connectivity index (χ1) is 5.56. The van der Waals surface area contributed by atoms with Crippen molar-refractivity contribution in [1.29, 1.82) is 0 Å². The molecule has 0 amide bonds. The molecule has 0 radical (unpaired) electrons. The van der Waals surface area contributed by atoms with E-state index in [1.807, 2.05) is 6.92 Å². The zero-order chi connectivity index (χ0) is 9.56. The molecule has 74 valence electrons. The van der Waals surface area contributed by atoms with Crippen molar-refractivity contribution >= 4 is 0 Å². The Morgan fingerprint density at radius 3 is 1.92 bits per heavy atom. The van der Waals surface area contributed by atoms with Gasteiger partial charge in [-0.3, -0.25) is 0 Å². The van der Waals surface area contributed by atoms with Crippen LogP contribution < -0.4 is 0 Å². The lowest BCUT2D eigenvalue weighted by Crippen LogP contribution is -2.22. The monoisotopic (exact) mass is 178 g/mol. The molecular weight excluding hydrogens is 160 g/mol. The molecule has 12 heavy (non-hydrogen) atoms. The zero-order valence-corrected chi connectivity index (χ0v) is 7.35. The minimum absolute atomic E-state index is 0.0965. The molecule has 0 heterocycles. The molecule has 4 heteroatoms. The van der Waals surface area contributed by atoms with Gasteiger partial charge in [0.25, 0.3) is 0 Å². The van der Waals surface area contributed by atoms with E-state index in [0.717, 1.165) is 6.42 Å². The van der Waals surface area contributed by atoms with Crippen LogP contribution in [0.4, 0.5) is 0 Å². The zero-order valence-electron chi connectivity index (χ0n) is 7.35. The fraction of sp³-hybridized carbons (Fsp3) is 1.00. The number of aliphatic hydroxyl groups is 4. The second-order valence-corrected chi connectivity index (χ2v) is 3.05. The molecule has 4 N–H and O–H groups in total. The normalized spacial score (nSPS) is 16.5. The van der Waals surface area contributed by atoms with E-state index in [9.17, 15) is 5.11 Å². The average Bonchev–Trinajstić information content (AvgIpc) is 1.84. The van der Waals surface area contributed by atoms with Crippen LogP contribution in [0.1, 0.15) is 32.6 Å². The van der Waals surface area contributed by atoms with Gasteiger partial charge in [-0.1, -0.05) is 13.3 Å². The Bertz CT molecular complexity index is 105. The lowest BCUT2D eigenvalue weighted by atomic mass is 10.1. The van der Waals surface area contributed by atoms with Crippen molar-refractivity contribution in [1.82, 2.24) is 0 Å². The summed E-state index contributed by atoms with van der Waals surface area (Å²) < 4.78 is 0. The van der Waals surface area contributed by atoms with Gasteiger partial charge in [-0.05, 0) is 12.8 Å². The molecule has 2 atom stereocenters. The second-order valence-electron chi connectivity index (χ2n) is 3.05. The topological polar surface area (TPSA) is 80.9 Å². The molecule has 0 saturated carbocycles. The predicted octanol–water partition coefficient (Wildman–Crippen LogP) is -0.401. The highest BCUT2D eigenvalue weighted by Crippen LogP contribution is 2.08. The third-order valence-electron chi connectivity index (χ3n) is 1.65. The number of aliphatic hydroxyl groups excluding tert-OH is 3. The van der Waals surface area contributed by atoms with Crippen LogP contribution in [0.5, 0.6) is 0 Å². The third-order valence-corrected chi connectivity index (χ3v) is 1.65. The largest absolute Gasteiger partial charge is 0.393 e. The van der Waals surface area contributed by atoms with Gasteiger partial charge >= 0.3 is 0 Å². The van der Waals surface area contributed by atoms with Crippen molar-refractivity contribution < 1.29 is 20.4 Å². The quantitative estimate of drug-likeness (QED) is 0.417. The summed E-state index contributed by atoms with van der Waals surface area (Å²) in [6.45, 7) is 1.94. The predicted molar refractivity (Wildman–Crippen MR) is 44.4 cm³/mol. The molecule has 0 aliphatic carbocycles. The van der Waals surface area contributed by atoms with Gasteiger partial charge in [-0.25, -0.2) is 0 Å². The van der Waals surface area contributed by atoms with Gasteiger partial charge in [-0.2, -0.15) is 0 Å². The Morgan fingerprint density at radius 2 is 1.50 bits per heavy atom. The first-order valence-electron chi connectivity index (χ1n) is 4.28. The van der Waals surface area contributed by atoms with Crippen molar-refractivity contribution in [2.75, 3.05) is 0 Å². The highest BCUT2D eigenvalue weighted by molar-refractivity contribution is 4.63. The Labute approximate surface area is 72.5 Å². The van der Waals surface area contributed by atoms with Crippen molar-refractivity contribution in [3.05, 3.63) is 0 Å². The van der Waals surface area contributed by atoms with Gasteiger partial charge in [0, 0.05) is 6.42 Å². The van der Waals surface area contributed by atoms with Crippen LogP contribution in [-0.4, -0.2) is 38.9 Å². The van der Waals surface area contributed by atoms with Gasteiger partial charge in [0.05, 0.1) is 12.2 Å². The summed E-state index contributed by atoms with van der Waals surface area (Å²) >= 11 is 0. The highest BCUT2D eigenvalue weighted by Gasteiger charge is 2.13. The second kappa shape index (κ2) is 6.37. The number of rotatable bonds is 6. The molecule has 0 unspecified atom stereocenters. The van der Waals surface area contributed by atoms with Gasteiger partial charge in [-0.15, -0.1) is 0 Å². The lowest BCUT2D eigenvalue weighted by molar-refractivity contribution is -0.0757. The summed E-state index contributed by atoms with van der Waals surface area (Å²) in [4.78, 5) is 0. The molecule has 4 nitrogen and oxygen atoms in total. The van der Waals surface area contributed by atoms with Crippen LogP contribution in [0.25, 0.3) is 0 Å². The summed E-state index contributed by atoms with van der Waals surface area (Å²) in [6.07, 6.45) is -1.25. The van der Waals surface area contributed by atoms with Crippen molar-refractivity contribution in [2.24, 2.45) is 0 Å². The first kappa shape index (κ1) is 11.8. The Morgan fingerprint density at radius 1 is 0.917 bits per heavy atom. The van der Waals surface area contributed by atoms with Gasteiger partial charge < -0.3 is 20.4 Å². The van der Waals surface area contributed by atoms with Gasteiger partial charge in [0.15, 0.2) is 6.29 Å². The minimum Gasteiger partial charge on any atom is -0.393 e. The molecule has 0 aliphatic rings. The van der Waals surface area contributed by atoms with Crippen LogP contribution in [0.2, 0.25) is 0 Å². The van der Waals surface area contributed by atoms with Gasteiger partial charge in [0.2, 0.25) is 0 Å². The molecule has 0 rings (SSSR count). The minimum atomic E-state index is -1.49. The molecule has 0 fully saturated rings. The molecule has 0 aromatic rings. The van der Waals surface area contributed by atoms with E-state index >= 15 is 0 Å². The highest BCUT2D eigenvalue weighted by atomic mass is 16.5. The van der Waals surface area contributed by atoms with Crippen LogP contribution in [0, 0.1) is 0 Å². The summed E-state index contributed by atoms with van der Waals surface area (Å²) in [5.41, 5.74) is 0. The van der Waals surface area contributed by atoms with Crippen LogP contribution in [0.15, 0.2) is 0 Å². The van der Waals surface area contributed by atoms with E-state index in [4.69, 9.17) is 15.3 Å². The lowest BCUT2D eigenvalue weighted by Gasteiger charge is -2.15. The summed E-state index contributed by atoms with van der Waals surface area (Å²) in [5.74, 6) is 0. The van der Waals surface area contributed by atoms with Crippen molar-refractivity contribution in [2.45, 2.75) is 51.1 Å². The van der Waals surface area contributed by atoms with E-state index < -0.39 is 18.5 Å². The molecule has 0 spiro atoms. The molecular formula is C8H18O4. The Balaban J connectivity index is 3.46. The maximum atomic E-state index is 9.21. The van der Waals surface area contributed by atoms with E-state index in [-0.39, 0.29) is 12.8 Å². The Kier molecular flexibility index (Phi) is 6.28.